The topological polar surface area (TPSA) is 35.2 Å². The van der Waals surface area contributed by atoms with E-state index in [4.69, 9.17) is 10.5 Å². The van der Waals surface area contributed by atoms with E-state index in [2.05, 4.69) is 19.9 Å². The van der Waals surface area contributed by atoms with Crippen LogP contribution in [0.15, 0.2) is 12.1 Å². The third kappa shape index (κ3) is 4.68. The number of nitrogen functional groups attached to an aromatic ring is 1. The highest BCUT2D eigenvalue weighted by Crippen LogP contribution is 2.30. The van der Waals surface area contributed by atoms with E-state index in [9.17, 15) is 0 Å². The highest BCUT2D eigenvalue weighted by Gasteiger charge is 2.13. The Hall–Kier alpha value is -1.18. The van der Waals surface area contributed by atoms with Crippen molar-refractivity contribution in [1.29, 1.82) is 0 Å². The van der Waals surface area contributed by atoms with Gasteiger partial charge in [0.05, 0.1) is 12.8 Å². The van der Waals surface area contributed by atoms with E-state index in [0.717, 1.165) is 11.4 Å². The molecule has 0 heterocycles. The quantitative estimate of drug-likeness (QED) is 0.743. The number of hydrogen-bond donors (Lipinski definition) is 1. The maximum absolute atomic E-state index is 5.78. The normalized spacial score (nSPS) is 11.6. The summed E-state index contributed by atoms with van der Waals surface area (Å²) in [6.07, 6.45) is 4.84. The van der Waals surface area contributed by atoms with Gasteiger partial charge in [-0.05, 0) is 42.5 Å². The molecule has 0 unspecified atom stereocenters. The number of anilines is 1. The zero-order valence-electron chi connectivity index (χ0n) is 12.0. The van der Waals surface area contributed by atoms with Crippen LogP contribution >= 0.6 is 0 Å². The molecule has 1 aliphatic rings. The molecule has 2 rings (SSSR count). The van der Waals surface area contributed by atoms with Crippen molar-refractivity contribution in [3.05, 3.63) is 23.3 Å². The molecule has 0 radical (unpaired) electrons. The molecule has 98 valence electrons. The summed E-state index contributed by atoms with van der Waals surface area (Å²) in [7, 11) is 1.66. The lowest BCUT2D eigenvalue weighted by atomic mass is 10.1. The van der Waals surface area contributed by atoms with E-state index >= 15 is 0 Å². The highest BCUT2D eigenvalue weighted by molar-refractivity contribution is 5.57. The molecule has 0 spiro atoms. The number of hydrogen-bond acceptors (Lipinski definition) is 2. The molecular formula is C15H27NO. The first kappa shape index (κ1) is 15.8. The van der Waals surface area contributed by atoms with Gasteiger partial charge in [0.1, 0.15) is 5.75 Å². The van der Waals surface area contributed by atoms with Crippen LogP contribution in [0.3, 0.4) is 0 Å². The maximum Gasteiger partial charge on any atom is 0.142 e. The molecule has 1 aliphatic carbocycles. The summed E-state index contributed by atoms with van der Waals surface area (Å²) in [5.74, 6) is 0.815. The van der Waals surface area contributed by atoms with Crippen LogP contribution in [0.1, 0.15) is 51.7 Å². The van der Waals surface area contributed by atoms with Crippen LogP contribution < -0.4 is 10.5 Å². The number of methoxy groups -OCH3 is 1. The van der Waals surface area contributed by atoms with Crippen molar-refractivity contribution < 1.29 is 4.74 Å². The average Bonchev–Trinajstić information content (AvgIpc) is 2.78. The van der Waals surface area contributed by atoms with Crippen LogP contribution in [0, 0.1) is 0 Å². The Morgan fingerprint density at radius 2 is 1.59 bits per heavy atom. The molecule has 0 amide bonds. The Balaban J connectivity index is 0.000000450. The Morgan fingerprint density at radius 1 is 1.12 bits per heavy atom. The molecule has 0 atom stereocenters. The summed E-state index contributed by atoms with van der Waals surface area (Å²) in [6.45, 7) is 8.25. The fraction of sp³-hybridized carbons (Fsp3) is 0.600. The van der Waals surface area contributed by atoms with Crippen molar-refractivity contribution in [2.45, 2.75) is 53.4 Å². The van der Waals surface area contributed by atoms with Gasteiger partial charge in [-0.25, -0.2) is 0 Å². The second-order valence-electron chi connectivity index (χ2n) is 3.92. The SMILES string of the molecule is CC.CCC.COc1cc2c(cc1N)CCC2. The van der Waals surface area contributed by atoms with Crippen LogP contribution in [0.2, 0.25) is 0 Å². The number of nitrogens with two attached hydrogens (primary N) is 1. The summed E-state index contributed by atoms with van der Waals surface area (Å²) in [5.41, 5.74) is 9.34. The van der Waals surface area contributed by atoms with Gasteiger partial charge in [-0.2, -0.15) is 0 Å². The molecule has 0 aromatic heterocycles. The van der Waals surface area contributed by atoms with E-state index in [1.807, 2.05) is 19.9 Å². The van der Waals surface area contributed by atoms with E-state index < -0.39 is 0 Å². The third-order valence-corrected chi connectivity index (χ3v) is 2.44. The van der Waals surface area contributed by atoms with E-state index in [1.165, 1.54) is 36.8 Å². The molecule has 1 aromatic rings. The molecule has 2 N–H and O–H groups in total. The zero-order chi connectivity index (χ0) is 13.3. The molecule has 0 fully saturated rings. The van der Waals surface area contributed by atoms with Crippen LogP contribution in [-0.4, -0.2) is 7.11 Å². The van der Waals surface area contributed by atoms with Crippen LogP contribution in [0.25, 0.3) is 0 Å². The molecule has 17 heavy (non-hydrogen) atoms. The minimum absolute atomic E-state index is 0.762. The summed E-state index contributed by atoms with van der Waals surface area (Å²) >= 11 is 0. The minimum atomic E-state index is 0.762. The van der Waals surface area contributed by atoms with Gasteiger partial charge in [-0.3, -0.25) is 0 Å². The number of ether oxygens (including phenoxy) is 1. The van der Waals surface area contributed by atoms with Gasteiger partial charge in [-0.15, -0.1) is 0 Å². The Labute approximate surface area is 106 Å². The second-order valence-corrected chi connectivity index (χ2v) is 3.92. The fourth-order valence-corrected chi connectivity index (χ4v) is 1.80. The van der Waals surface area contributed by atoms with Crippen LogP contribution in [-0.2, 0) is 12.8 Å². The van der Waals surface area contributed by atoms with E-state index in [1.54, 1.807) is 7.11 Å². The molecule has 2 heteroatoms. The molecule has 2 nitrogen and oxygen atoms in total. The predicted molar refractivity (Wildman–Crippen MR) is 76.7 cm³/mol. The standard InChI is InChI=1S/C10H13NO.C3H8.C2H6/c1-12-10-6-8-4-2-3-7(8)5-9(10)11;1-3-2;1-2/h5-6H,2-4,11H2,1H3;3H2,1-2H3;1-2H3. The number of aryl methyl sites for hydroxylation is 2. The molecule has 0 saturated carbocycles. The van der Waals surface area contributed by atoms with E-state index in [-0.39, 0.29) is 0 Å². The lowest BCUT2D eigenvalue weighted by Crippen LogP contribution is -1.94. The average molecular weight is 237 g/mol. The summed E-state index contributed by atoms with van der Waals surface area (Å²) in [6, 6.07) is 4.11. The third-order valence-electron chi connectivity index (χ3n) is 2.44. The van der Waals surface area contributed by atoms with Crippen LogP contribution in [0.4, 0.5) is 5.69 Å². The fourth-order valence-electron chi connectivity index (χ4n) is 1.80. The van der Waals surface area contributed by atoms with Crippen LogP contribution in [0.5, 0.6) is 5.75 Å². The molecule has 1 aromatic carbocycles. The first-order valence-electron chi connectivity index (χ1n) is 6.68. The lowest BCUT2D eigenvalue weighted by molar-refractivity contribution is 0.416. The van der Waals surface area contributed by atoms with Crippen molar-refractivity contribution in [2.24, 2.45) is 0 Å². The summed E-state index contributed by atoms with van der Waals surface area (Å²) < 4.78 is 5.15. The van der Waals surface area contributed by atoms with Gasteiger partial charge < -0.3 is 10.5 Å². The van der Waals surface area contributed by atoms with Crippen molar-refractivity contribution in [2.75, 3.05) is 12.8 Å². The van der Waals surface area contributed by atoms with Crippen molar-refractivity contribution in [1.82, 2.24) is 0 Å². The van der Waals surface area contributed by atoms with Crippen molar-refractivity contribution in [3.63, 3.8) is 0 Å². The smallest absolute Gasteiger partial charge is 0.142 e. The first-order valence-corrected chi connectivity index (χ1v) is 6.68. The Bertz CT molecular complexity index is 320. The largest absolute Gasteiger partial charge is 0.495 e. The zero-order valence-corrected chi connectivity index (χ0v) is 12.0. The highest BCUT2D eigenvalue weighted by atomic mass is 16.5. The molecule has 0 aliphatic heterocycles. The van der Waals surface area contributed by atoms with Gasteiger partial charge >= 0.3 is 0 Å². The van der Waals surface area contributed by atoms with Gasteiger partial charge in [0, 0.05) is 0 Å². The van der Waals surface area contributed by atoms with Gasteiger partial charge in [-0.1, -0.05) is 34.1 Å². The first-order chi connectivity index (χ1) is 8.22. The van der Waals surface area contributed by atoms with E-state index in [0.29, 0.717) is 0 Å². The maximum atomic E-state index is 5.78. The number of rotatable bonds is 1. The number of benzene rings is 1. The lowest BCUT2D eigenvalue weighted by Gasteiger charge is -2.06. The second kappa shape index (κ2) is 8.91. The summed E-state index contributed by atoms with van der Waals surface area (Å²) in [5, 5.41) is 0. The Kier molecular flexibility index (Phi) is 8.29. The summed E-state index contributed by atoms with van der Waals surface area (Å²) in [4.78, 5) is 0. The van der Waals surface area contributed by atoms with Crippen molar-refractivity contribution in [3.8, 4) is 5.75 Å². The van der Waals surface area contributed by atoms with Crippen molar-refractivity contribution >= 4 is 5.69 Å². The van der Waals surface area contributed by atoms with Gasteiger partial charge in [0.2, 0.25) is 0 Å². The minimum Gasteiger partial charge on any atom is -0.495 e. The Morgan fingerprint density at radius 3 is 2.06 bits per heavy atom. The van der Waals surface area contributed by atoms with Gasteiger partial charge in [0.15, 0.2) is 0 Å². The predicted octanol–water partition coefficient (Wildman–Crippen LogP) is 4.21. The monoisotopic (exact) mass is 237 g/mol. The molecule has 0 saturated heterocycles. The number of fused-ring (bicyclic) bond motifs is 1. The molecule has 0 bridgehead atoms. The molecular weight excluding hydrogens is 210 g/mol. The van der Waals surface area contributed by atoms with Gasteiger partial charge in [0.25, 0.3) is 0 Å².